The zero-order chi connectivity index (χ0) is 18.4. The van der Waals surface area contributed by atoms with Gasteiger partial charge in [0.2, 0.25) is 0 Å². The zero-order valence-corrected chi connectivity index (χ0v) is 15.9. The summed E-state index contributed by atoms with van der Waals surface area (Å²) in [5, 5.41) is 13.0. The monoisotopic (exact) mass is 359 g/mol. The summed E-state index contributed by atoms with van der Waals surface area (Å²) >= 11 is 5.21. The number of ether oxygens (including phenoxy) is 2. The predicted octanol–water partition coefficient (Wildman–Crippen LogP) is 4.29. The highest BCUT2D eigenvalue weighted by Gasteiger charge is 2.12. The molecule has 0 aromatic heterocycles. The van der Waals surface area contributed by atoms with E-state index in [4.69, 9.17) is 21.7 Å². The molecule has 0 fully saturated rings. The van der Waals surface area contributed by atoms with Gasteiger partial charge in [-0.25, -0.2) is 0 Å². The van der Waals surface area contributed by atoms with Gasteiger partial charge in [-0.3, -0.25) is 0 Å². The topological polar surface area (TPSA) is 50.7 Å². The van der Waals surface area contributed by atoms with Crippen LogP contribution in [0.1, 0.15) is 37.5 Å². The van der Waals surface area contributed by atoms with Crippen molar-refractivity contribution in [1.82, 2.24) is 5.32 Å². The fraction of sp³-hybridized carbons (Fsp3) is 0.350. The van der Waals surface area contributed by atoms with Crippen molar-refractivity contribution in [3.8, 4) is 11.5 Å². The van der Waals surface area contributed by atoms with Crippen LogP contribution >= 0.6 is 12.2 Å². The number of methoxy groups -OCH3 is 1. The maximum Gasteiger partial charge on any atom is 0.257 e. The summed E-state index contributed by atoms with van der Waals surface area (Å²) in [6, 6.07) is 13.6. The number of benzene rings is 2. The van der Waals surface area contributed by atoms with E-state index in [1.165, 1.54) is 12.7 Å². The van der Waals surface area contributed by atoms with Crippen molar-refractivity contribution in [3.05, 3.63) is 59.2 Å². The molecule has 0 unspecified atom stereocenters. The average molecular weight is 359 g/mol. The number of nitrogens with one attached hydrogen (secondary N) is 1. The lowest BCUT2D eigenvalue weighted by Gasteiger charge is -2.19. The number of hydrogen-bond acceptors (Lipinski definition) is 4. The SMILES string of the molecule is COc1cc(COC(=S)NCc2ccc(C(C)(C)C)cc2)ccc1O. The average Bonchev–Trinajstić information content (AvgIpc) is 2.58. The molecule has 0 radical (unpaired) electrons. The molecule has 5 heteroatoms. The van der Waals surface area contributed by atoms with E-state index in [1.54, 1.807) is 18.2 Å². The van der Waals surface area contributed by atoms with E-state index in [0.717, 1.165) is 11.1 Å². The summed E-state index contributed by atoms with van der Waals surface area (Å²) in [5.74, 6) is 0.518. The smallest absolute Gasteiger partial charge is 0.257 e. The highest BCUT2D eigenvalue weighted by molar-refractivity contribution is 7.80. The van der Waals surface area contributed by atoms with Gasteiger partial charge in [0.25, 0.3) is 5.17 Å². The lowest BCUT2D eigenvalue weighted by Crippen LogP contribution is -2.23. The van der Waals surface area contributed by atoms with Crippen LogP contribution in [0.2, 0.25) is 0 Å². The van der Waals surface area contributed by atoms with E-state index in [-0.39, 0.29) is 11.2 Å². The normalized spacial score (nSPS) is 11.0. The molecule has 0 heterocycles. The third-order valence-electron chi connectivity index (χ3n) is 3.87. The van der Waals surface area contributed by atoms with Crippen LogP contribution in [-0.2, 0) is 23.3 Å². The van der Waals surface area contributed by atoms with Crippen LogP contribution in [0.4, 0.5) is 0 Å². The molecule has 0 aliphatic rings. The third kappa shape index (κ3) is 5.64. The van der Waals surface area contributed by atoms with Crippen molar-refractivity contribution in [3.63, 3.8) is 0 Å². The summed E-state index contributed by atoms with van der Waals surface area (Å²) in [6.45, 7) is 7.51. The van der Waals surface area contributed by atoms with Crippen molar-refractivity contribution >= 4 is 17.4 Å². The minimum Gasteiger partial charge on any atom is -0.504 e. The Kier molecular flexibility index (Phi) is 6.26. The third-order valence-corrected chi connectivity index (χ3v) is 4.13. The van der Waals surface area contributed by atoms with E-state index >= 15 is 0 Å². The molecule has 2 aromatic carbocycles. The van der Waals surface area contributed by atoms with E-state index in [1.807, 2.05) is 0 Å². The van der Waals surface area contributed by atoms with Gasteiger partial charge in [-0.05, 0) is 46.5 Å². The fourth-order valence-corrected chi connectivity index (χ4v) is 2.44. The van der Waals surface area contributed by atoms with E-state index in [2.05, 4.69) is 50.4 Å². The molecule has 0 aliphatic carbocycles. The maximum atomic E-state index is 9.59. The van der Waals surface area contributed by atoms with E-state index in [9.17, 15) is 5.11 Å². The van der Waals surface area contributed by atoms with Crippen LogP contribution < -0.4 is 10.1 Å². The summed E-state index contributed by atoms with van der Waals surface area (Å²) < 4.78 is 10.6. The van der Waals surface area contributed by atoms with Gasteiger partial charge in [-0.2, -0.15) is 0 Å². The lowest BCUT2D eigenvalue weighted by atomic mass is 9.87. The van der Waals surface area contributed by atoms with E-state index in [0.29, 0.717) is 24.1 Å². The molecule has 0 bridgehead atoms. The molecule has 25 heavy (non-hydrogen) atoms. The molecule has 0 amide bonds. The number of hydrogen-bond donors (Lipinski definition) is 2. The van der Waals surface area contributed by atoms with Crippen molar-refractivity contribution in [2.75, 3.05) is 7.11 Å². The summed E-state index contributed by atoms with van der Waals surface area (Å²) in [5.41, 5.74) is 3.46. The Labute approximate surface area is 154 Å². The van der Waals surface area contributed by atoms with Crippen molar-refractivity contribution in [2.45, 2.75) is 39.3 Å². The molecule has 134 valence electrons. The molecule has 2 rings (SSSR count). The van der Waals surface area contributed by atoms with Crippen LogP contribution in [0.5, 0.6) is 11.5 Å². The fourth-order valence-electron chi connectivity index (χ4n) is 2.31. The van der Waals surface area contributed by atoms with E-state index < -0.39 is 0 Å². The van der Waals surface area contributed by atoms with Gasteiger partial charge in [0.05, 0.1) is 7.11 Å². The number of thiocarbonyl (C=S) groups is 1. The first-order valence-electron chi connectivity index (χ1n) is 8.15. The van der Waals surface area contributed by atoms with Gasteiger partial charge in [0.15, 0.2) is 11.5 Å². The molecule has 0 spiro atoms. The first-order chi connectivity index (χ1) is 11.8. The molecule has 0 saturated carbocycles. The van der Waals surface area contributed by atoms with Crippen molar-refractivity contribution < 1.29 is 14.6 Å². The Bertz CT molecular complexity index is 721. The van der Waals surface area contributed by atoms with Crippen LogP contribution in [0.25, 0.3) is 0 Å². The van der Waals surface area contributed by atoms with Crippen molar-refractivity contribution in [1.29, 1.82) is 0 Å². The largest absolute Gasteiger partial charge is 0.504 e. The highest BCUT2D eigenvalue weighted by atomic mass is 32.1. The van der Waals surface area contributed by atoms with Crippen LogP contribution in [0.15, 0.2) is 42.5 Å². The zero-order valence-electron chi connectivity index (χ0n) is 15.1. The first kappa shape index (κ1) is 19.1. The lowest BCUT2D eigenvalue weighted by molar-refractivity contribution is 0.284. The van der Waals surface area contributed by atoms with Gasteiger partial charge >= 0.3 is 0 Å². The second-order valence-electron chi connectivity index (χ2n) is 6.88. The van der Waals surface area contributed by atoms with Crippen molar-refractivity contribution in [2.24, 2.45) is 0 Å². The van der Waals surface area contributed by atoms with Gasteiger partial charge in [-0.15, -0.1) is 0 Å². The Balaban J connectivity index is 1.83. The Morgan fingerprint density at radius 1 is 1.08 bits per heavy atom. The quantitative estimate of drug-likeness (QED) is 0.780. The summed E-state index contributed by atoms with van der Waals surface area (Å²) in [6.07, 6.45) is 0. The Hall–Kier alpha value is -2.27. The summed E-state index contributed by atoms with van der Waals surface area (Å²) in [4.78, 5) is 0. The highest BCUT2D eigenvalue weighted by Crippen LogP contribution is 2.26. The summed E-state index contributed by atoms with van der Waals surface area (Å²) in [7, 11) is 1.51. The minimum atomic E-state index is 0.102. The first-order valence-corrected chi connectivity index (χ1v) is 8.56. The number of phenols is 1. The number of phenolic OH excluding ortho intramolecular Hbond substituents is 1. The van der Waals surface area contributed by atoms with Gasteiger partial charge in [0.1, 0.15) is 6.61 Å². The molecule has 0 atom stereocenters. The Morgan fingerprint density at radius 3 is 2.32 bits per heavy atom. The van der Waals surface area contributed by atoms with Gasteiger partial charge in [-0.1, -0.05) is 51.1 Å². The predicted molar refractivity (Wildman–Crippen MR) is 104 cm³/mol. The van der Waals surface area contributed by atoms with Crippen LogP contribution in [-0.4, -0.2) is 17.4 Å². The van der Waals surface area contributed by atoms with Gasteiger partial charge in [0, 0.05) is 6.54 Å². The maximum absolute atomic E-state index is 9.59. The van der Waals surface area contributed by atoms with Crippen LogP contribution in [0, 0.1) is 0 Å². The molecule has 0 saturated heterocycles. The second-order valence-corrected chi connectivity index (χ2v) is 7.25. The minimum absolute atomic E-state index is 0.102. The molecular weight excluding hydrogens is 334 g/mol. The molecule has 2 N–H and O–H groups in total. The molecule has 4 nitrogen and oxygen atoms in total. The molecule has 2 aromatic rings. The molecule has 0 aliphatic heterocycles. The number of rotatable bonds is 5. The van der Waals surface area contributed by atoms with Gasteiger partial charge < -0.3 is 19.9 Å². The Morgan fingerprint density at radius 2 is 1.72 bits per heavy atom. The van der Waals surface area contributed by atoms with Crippen LogP contribution in [0.3, 0.4) is 0 Å². The second kappa shape index (κ2) is 8.21. The molecular formula is C20H25NO3S. The number of aromatic hydroxyl groups is 1. The standard InChI is InChI=1S/C20H25NO3S/c1-20(2,3)16-8-5-14(6-9-16)12-21-19(25)24-13-15-7-10-17(22)18(11-15)23-4/h5-11,22H,12-13H2,1-4H3,(H,21,25).